The molecule has 0 saturated heterocycles. The Morgan fingerprint density at radius 1 is 0.800 bits per heavy atom. The van der Waals surface area contributed by atoms with Gasteiger partial charge in [-0.2, -0.15) is 0 Å². The molecule has 0 N–H and O–H groups in total. The lowest BCUT2D eigenvalue weighted by Gasteiger charge is -2.15. The molecule has 4 rings (SSSR count). The molecule has 0 radical (unpaired) electrons. The van der Waals surface area contributed by atoms with Gasteiger partial charge in [0.1, 0.15) is 11.5 Å². The van der Waals surface area contributed by atoms with Crippen LogP contribution in [0.3, 0.4) is 0 Å². The monoisotopic (exact) mass is 329 g/mol. The quantitative estimate of drug-likeness (QED) is 0.680. The van der Waals surface area contributed by atoms with E-state index in [2.05, 4.69) is 12.1 Å². The third kappa shape index (κ3) is 3.41. The predicted octanol–water partition coefficient (Wildman–Crippen LogP) is 4.68. The molecule has 0 saturated carbocycles. The topological polar surface area (TPSA) is 29.5 Å². The van der Waals surface area contributed by atoms with E-state index in [0.717, 1.165) is 35.6 Å². The number of hydrogen-bond donors (Lipinski definition) is 0. The first kappa shape index (κ1) is 15.5. The van der Waals surface area contributed by atoms with Gasteiger partial charge in [0.05, 0.1) is 0 Å². The number of hydrogen-bond acceptors (Lipinski definition) is 2. The van der Waals surface area contributed by atoms with Crippen LogP contribution in [0.5, 0.6) is 11.5 Å². The number of benzene rings is 3. The third-order valence-corrected chi connectivity index (χ3v) is 4.47. The van der Waals surface area contributed by atoms with Crippen molar-refractivity contribution < 1.29 is 9.53 Å². The van der Waals surface area contributed by atoms with Crippen LogP contribution >= 0.6 is 0 Å². The number of fused-ring (bicyclic) bond motifs is 1. The summed E-state index contributed by atoms with van der Waals surface area (Å²) in [5.74, 6) is 1.79. The van der Waals surface area contributed by atoms with Gasteiger partial charge in [0, 0.05) is 18.7 Å². The molecule has 1 amide bonds. The van der Waals surface area contributed by atoms with Crippen molar-refractivity contribution >= 4 is 5.91 Å². The zero-order chi connectivity index (χ0) is 17.1. The smallest absolute Gasteiger partial charge is 0.254 e. The minimum atomic E-state index is 0.139. The van der Waals surface area contributed by atoms with Crippen LogP contribution in [-0.4, -0.2) is 17.4 Å². The number of amides is 1. The minimum Gasteiger partial charge on any atom is -0.457 e. The second-order valence-corrected chi connectivity index (χ2v) is 6.19. The van der Waals surface area contributed by atoms with Crippen LogP contribution in [0.25, 0.3) is 0 Å². The summed E-state index contributed by atoms with van der Waals surface area (Å²) < 4.78 is 5.81. The highest BCUT2D eigenvalue weighted by molar-refractivity contribution is 5.98. The van der Waals surface area contributed by atoms with Gasteiger partial charge in [0.2, 0.25) is 0 Å². The van der Waals surface area contributed by atoms with Crippen molar-refractivity contribution in [3.05, 3.63) is 95.6 Å². The van der Waals surface area contributed by atoms with Gasteiger partial charge >= 0.3 is 0 Å². The molecule has 0 aromatic heterocycles. The van der Waals surface area contributed by atoms with Crippen LogP contribution in [0.15, 0.2) is 78.9 Å². The first-order chi connectivity index (χ1) is 12.3. The Labute approximate surface area is 147 Å². The summed E-state index contributed by atoms with van der Waals surface area (Å²) in [7, 11) is 0. The first-order valence-corrected chi connectivity index (χ1v) is 8.48. The highest BCUT2D eigenvalue weighted by atomic mass is 16.5. The van der Waals surface area contributed by atoms with Crippen LogP contribution in [-0.2, 0) is 13.0 Å². The molecule has 3 aromatic rings. The Hall–Kier alpha value is -3.07. The van der Waals surface area contributed by atoms with E-state index in [0.29, 0.717) is 6.54 Å². The second-order valence-electron chi connectivity index (χ2n) is 6.19. The minimum absolute atomic E-state index is 0.139. The van der Waals surface area contributed by atoms with Gasteiger partial charge in [-0.15, -0.1) is 0 Å². The number of rotatable bonds is 5. The lowest BCUT2D eigenvalue weighted by atomic mass is 10.1. The molecule has 1 aliphatic rings. The molecule has 3 nitrogen and oxygen atoms in total. The van der Waals surface area contributed by atoms with Crippen molar-refractivity contribution in [2.75, 3.05) is 6.54 Å². The molecule has 3 aromatic carbocycles. The van der Waals surface area contributed by atoms with E-state index in [9.17, 15) is 4.79 Å². The summed E-state index contributed by atoms with van der Waals surface area (Å²) >= 11 is 0. The number of carbonyl (C=O) groups is 1. The molecule has 0 fully saturated rings. The molecule has 1 aliphatic heterocycles. The molecule has 0 bridgehead atoms. The second kappa shape index (κ2) is 6.81. The van der Waals surface area contributed by atoms with E-state index in [1.165, 1.54) is 5.56 Å². The zero-order valence-electron chi connectivity index (χ0n) is 13.9. The average molecular weight is 329 g/mol. The standard InChI is InChI=1S/C22H19NO2/c24-22-21-9-5-4-6-18(21)16-23(22)15-14-17-10-12-20(13-11-17)25-19-7-2-1-3-8-19/h1-13H,14-16H2. The van der Waals surface area contributed by atoms with Gasteiger partial charge < -0.3 is 9.64 Å². The summed E-state index contributed by atoms with van der Waals surface area (Å²) in [5.41, 5.74) is 3.16. The largest absolute Gasteiger partial charge is 0.457 e. The zero-order valence-corrected chi connectivity index (χ0v) is 13.9. The molecule has 124 valence electrons. The number of ether oxygens (including phenoxy) is 1. The van der Waals surface area contributed by atoms with Crippen molar-refractivity contribution in [2.24, 2.45) is 0 Å². The first-order valence-electron chi connectivity index (χ1n) is 8.48. The Bertz CT molecular complexity index is 872. The maximum absolute atomic E-state index is 12.4. The molecular weight excluding hydrogens is 310 g/mol. The van der Waals surface area contributed by atoms with Gasteiger partial charge in [-0.3, -0.25) is 4.79 Å². The van der Waals surface area contributed by atoms with Gasteiger partial charge in [0.25, 0.3) is 5.91 Å². The van der Waals surface area contributed by atoms with E-state index in [1.54, 1.807) is 0 Å². The molecular formula is C22H19NO2. The number of carbonyl (C=O) groups excluding carboxylic acids is 1. The fourth-order valence-electron chi connectivity index (χ4n) is 3.11. The van der Waals surface area contributed by atoms with Gasteiger partial charge in [-0.1, -0.05) is 48.5 Å². The van der Waals surface area contributed by atoms with Crippen LogP contribution in [0.4, 0.5) is 0 Å². The Kier molecular flexibility index (Phi) is 4.21. The lowest BCUT2D eigenvalue weighted by Crippen LogP contribution is -2.26. The number of nitrogens with zero attached hydrogens (tertiary/aromatic N) is 1. The summed E-state index contributed by atoms with van der Waals surface area (Å²) in [5, 5.41) is 0. The van der Waals surface area contributed by atoms with E-state index in [1.807, 2.05) is 71.6 Å². The molecule has 0 spiro atoms. The van der Waals surface area contributed by atoms with Crippen LogP contribution < -0.4 is 4.74 Å². The normalized spacial score (nSPS) is 13.0. The van der Waals surface area contributed by atoms with Gasteiger partial charge in [0.15, 0.2) is 0 Å². The summed E-state index contributed by atoms with van der Waals surface area (Å²) in [4.78, 5) is 14.3. The fraction of sp³-hybridized carbons (Fsp3) is 0.136. The van der Waals surface area contributed by atoms with Gasteiger partial charge in [-0.05, 0) is 47.9 Å². The molecule has 3 heteroatoms. The molecule has 0 aliphatic carbocycles. The average Bonchev–Trinajstić information content (AvgIpc) is 2.98. The van der Waals surface area contributed by atoms with E-state index < -0.39 is 0 Å². The highest BCUT2D eigenvalue weighted by Gasteiger charge is 2.26. The van der Waals surface area contributed by atoms with E-state index in [-0.39, 0.29) is 5.91 Å². The summed E-state index contributed by atoms with van der Waals surface area (Å²) in [6.45, 7) is 1.44. The van der Waals surface area contributed by atoms with Crippen molar-refractivity contribution in [3.8, 4) is 11.5 Å². The van der Waals surface area contributed by atoms with Crippen LogP contribution in [0, 0.1) is 0 Å². The molecule has 0 unspecified atom stereocenters. The van der Waals surface area contributed by atoms with Crippen molar-refractivity contribution in [2.45, 2.75) is 13.0 Å². The maximum atomic E-state index is 12.4. The van der Waals surface area contributed by atoms with Crippen molar-refractivity contribution in [1.29, 1.82) is 0 Å². The van der Waals surface area contributed by atoms with E-state index >= 15 is 0 Å². The Morgan fingerprint density at radius 3 is 2.24 bits per heavy atom. The van der Waals surface area contributed by atoms with E-state index in [4.69, 9.17) is 4.74 Å². The highest BCUT2D eigenvalue weighted by Crippen LogP contribution is 2.24. The van der Waals surface area contributed by atoms with Gasteiger partial charge in [-0.25, -0.2) is 0 Å². The molecule has 0 atom stereocenters. The Balaban J connectivity index is 1.36. The van der Waals surface area contributed by atoms with Crippen molar-refractivity contribution in [1.82, 2.24) is 4.90 Å². The Morgan fingerprint density at radius 2 is 1.48 bits per heavy atom. The summed E-state index contributed by atoms with van der Waals surface area (Å²) in [6, 6.07) is 25.7. The number of para-hydroxylation sites is 1. The molecule has 25 heavy (non-hydrogen) atoms. The predicted molar refractivity (Wildman–Crippen MR) is 97.8 cm³/mol. The van der Waals surface area contributed by atoms with Crippen LogP contribution in [0.1, 0.15) is 21.5 Å². The lowest BCUT2D eigenvalue weighted by molar-refractivity contribution is 0.0780. The summed E-state index contributed by atoms with van der Waals surface area (Å²) in [6.07, 6.45) is 0.839. The maximum Gasteiger partial charge on any atom is 0.254 e. The third-order valence-electron chi connectivity index (χ3n) is 4.47. The van der Waals surface area contributed by atoms with Crippen molar-refractivity contribution in [3.63, 3.8) is 0 Å². The van der Waals surface area contributed by atoms with Crippen LogP contribution in [0.2, 0.25) is 0 Å². The SMILES string of the molecule is O=C1c2ccccc2CN1CCc1ccc(Oc2ccccc2)cc1. The molecule has 1 heterocycles. The fourth-order valence-corrected chi connectivity index (χ4v) is 3.11.